The molecule has 2 rings (SSSR count). The van der Waals surface area contributed by atoms with E-state index in [1.807, 2.05) is 11.8 Å². The fraction of sp³-hybridized carbons (Fsp3) is 0.867. The van der Waals surface area contributed by atoms with Crippen molar-refractivity contribution in [3.63, 3.8) is 0 Å². The van der Waals surface area contributed by atoms with Gasteiger partial charge in [-0.3, -0.25) is 14.5 Å². The molecular weight excluding hydrogens is 270 g/mol. The summed E-state index contributed by atoms with van der Waals surface area (Å²) in [5.41, 5.74) is 0. The highest BCUT2D eigenvalue weighted by molar-refractivity contribution is 5.87. The molecule has 0 unspecified atom stereocenters. The molecule has 1 N–H and O–H groups in total. The smallest absolute Gasteiger partial charge is 0.245 e. The van der Waals surface area contributed by atoms with Crippen molar-refractivity contribution < 1.29 is 14.7 Å². The van der Waals surface area contributed by atoms with Crippen LogP contribution < -0.4 is 0 Å². The van der Waals surface area contributed by atoms with Crippen molar-refractivity contribution in [1.82, 2.24) is 14.7 Å². The molecule has 0 radical (unpaired) electrons. The van der Waals surface area contributed by atoms with Gasteiger partial charge in [-0.25, -0.2) is 0 Å². The van der Waals surface area contributed by atoms with E-state index in [4.69, 9.17) is 0 Å². The molecule has 0 spiro atoms. The van der Waals surface area contributed by atoms with Gasteiger partial charge in [-0.1, -0.05) is 0 Å². The van der Waals surface area contributed by atoms with Gasteiger partial charge >= 0.3 is 0 Å². The third kappa shape index (κ3) is 4.17. The fourth-order valence-electron chi connectivity index (χ4n) is 3.16. The molecule has 6 nitrogen and oxygen atoms in total. The molecule has 0 aromatic carbocycles. The Morgan fingerprint density at radius 1 is 1.14 bits per heavy atom. The van der Waals surface area contributed by atoms with E-state index in [-0.39, 0.29) is 24.0 Å². The topological polar surface area (TPSA) is 64.1 Å². The molecule has 2 saturated heterocycles. The van der Waals surface area contributed by atoms with Crippen molar-refractivity contribution in [2.45, 2.75) is 45.3 Å². The maximum absolute atomic E-state index is 12.5. The van der Waals surface area contributed by atoms with Crippen LogP contribution in [0.1, 0.15) is 33.1 Å². The maximum Gasteiger partial charge on any atom is 0.245 e. The van der Waals surface area contributed by atoms with Crippen LogP contribution in [-0.2, 0) is 9.59 Å². The fourth-order valence-corrected chi connectivity index (χ4v) is 3.16. The van der Waals surface area contributed by atoms with Gasteiger partial charge in [0.2, 0.25) is 11.8 Å². The van der Waals surface area contributed by atoms with Gasteiger partial charge < -0.3 is 14.9 Å². The highest BCUT2D eigenvalue weighted by Crippen LogP contribution is 2.16. The molecule has 0 aliphatic carbocycles. The number of hydrogen-bond donors (Lipinski definition) is 1. The largest absolute Gasteiger partial charge is 0.392 e. The molecule has 2 atom stereocenters. The molecule has 0 aromatic heterocycles. The summed E-state index contributed by atoms with van der Waals surface area (Å²) < 4.78 is 0. The number of piperidine rings is 1. The first-order chi connectivity index (χ1) is 9.99. The van der Waals surface area contributed by atoms with Crippen molar-refractivity contribution in [1.29, 1.82) is 0 Å². The van der Waals surface area contributed by atoms with Crippen LogP contribution in [0.15, 0.2) is 0 Å². The molecule has 0 saturated carbocycles. The Kier molecular flexibility index (Phi) is 5.58. The van der Waals surface area contributed by atoms with Crippen LogP contribution in [0.4, 0.5) is 0 Å². The lowest BCUT2D eigenvalue weighted by atomic mass is 10.1. The number of aliphatic hydroxyl groups excluding tert-OH is 1. The number of amides is 2. The first kappa shape index (κ1) is 16.2. The van der Waals surface area contributed by atoms with Gasteiger partial charge in [0.25, 0.3) is 0 Å². The first-order valence-corrected chi connectivity index (χ1v) is 7.97. The van der Waals surface area contributed by atoms with E-state index in [2.05, 4.69) is 4.90 Å². The predicted octanol–water partition coefficient (Wildman–Crippen LogP) is -0.0876. The summed E-state index contributed by atoms with van der Waals surface area (Å²) in [6.45, 7) is 7.91. The summed E-state index contributed by atoms with van der Waals surface area (Å²) in [4.78, 5) is 30.2. The summed E-state index contributed by atoms with van der Waals surface area (Å²) in [5, 5.41) is 9.40. The minimum Gasteiger partial charge on any atom is -0.392 e. The highest BCUT2D eigenvalue weighted by Gasteiger charge is 2.32. The molecule has 0 bridgehead atoms. The SMILES string of the molecule is C[C@H](C(=O)N1CCN(C[C@@H](C)O)CC1)N1CCCCC1=O. The molecule has 2 aliphatic rings. The van der Waals surface area contributed by atoms with E-state index < -0.39 is 0 Å². The Hall–Kier alpha value is -1.14. The second kappa shape index (κ2) is 7.22. The molecule has 120 valence electrons. The summed E-state index contributed by atoms with van der Waals surface area (Å²) >= 11 is 0. The average molecular weight is 297 g/mol. The Balaban J connectivity index is 1.85. The molecule has 2 aliphatic heterocycles. The third-order valence-corrected chi connectivity index (χ3v) is 4.39. The normalized spacial score (nSPS) is 24.0. The van der Waals surface area contributed by atoms with E-state index in [9.17, 15) is 14.7 Å². The number of piperazine rings is 1. The number of nitrogens with zero attached hydrogens (tertiary/aromatic N) is 3. The quantitative estimate of drug-likeness (QED) is 0.788. The zero-order valence-corrected chi connectivity index (χ0v) is 13.1. The number of aliphatic hydroxyl groups is 1. The number of β-amino-alcohol motifs (C(OH)–C–C–N with tert-alkyl or cyclic N) is 1. The second-order valence-electron chi connectivity index (χ2n) is 6.20. The van der Waals surface area contributed by atoms with Gasteiger partial charge in [0.05, 0.1) is 6.10 Å². The lowest BCUT2D eigenvalue weighted by molar-refractivity contribution is -0.147. The lowest BCUT2D eigenvalue weighted by Gasteiger charge is -2.39. The van der Waals surface area contributed by atoms with Gasteiger partial charge in [-0.15, -0.1) is 0 Å². The average Bonchev–Trinajstić information content (AvgIpc) is 2.46. The van der Waals surface area contributed by atoms with Crippen LogP contribution in [0.5, 0.6) is 0 Å². The van der Waals surface area contributed by atoms with Gasteiger partial charge in [0.15, 0.2) is 0 Å². The van der Waals surface area contributed by atoms with E-state index in [0.717, 1.165) is 25.9 Å². The minimum absolute atomic E-state index is 0.0574. The minimum atomic E-state index is -0.346. The molecule has 6 heteroatoms. The van der Waals surface area contributed by atoms with Crippen molar-refractivity contribution in [3.8, 4) is 0 Å². The molecule has 2 fully saturated rings. The Morgan fingerprint density at radius 2 is 1.81 bits per heavy atom. The van der Waals surface area contributed by atoms with Gasteiger partial charge in [-0.2, -0.15) is 0 Å². The van der Waals surface area contributed by atoms with E-state index in [0.29, 0.717) is 32.6 Å². The van der Waals surface area contributed by atoms with Crippen molar-refractivity contribution >= 4 is 11.8 Å². The Morgan fingerprint density at radius 3 is 2.38 bits per heavy atom. The van der Waals surface area contributed by atoms with Crippen LogP contribution in [-0.4, -0.2) is 83.0 Å². The lowest BCUT2D eigenvalue weighted by Crippen LogP contribution is -2.56. The zero-order valence-electron chi connectivity index (χ0n) is 13.1. The van der Waals surface area contributed by atoms with E-state index >= 15 is 0 Å². The van der Waals surface area contributed by atoms with Gasteiger partial charge in [0.1, 0.15) is 6.04 Å². The van der Waals surface area contributed by atoms with Gasteiger partial charge in [0, 0.05) is 45.7 Å². The summed E-state index contributed by atoms with van der Waals surface area (Å²) in [7, 11) is 0. The van der Waals surface area contributed by atoms with Crippen LogP contribution in [0.3, 0.4) is 0 Å². The molecule has 21 heavy (non-hydrogen) atoms. The van der Waals surface area contributed by atoms with Crippen LogP contribution in [0.25, 0.3) is 0 Å². The molecule has 2 heterocycles. The summed E-state index contributed by atoms with van der Waals surface area (Å²) in [6.07, 6.45) is 2.16. The van der Waals surface area contributed by atoms with Crippen molar-refractivity contribution in [2.24, 2.45) is 0 Å². The van der Waals surface area contributed by atoms with Gasteiger partial charge in [-0.05, 0) is 26.7 Å². The number of hydrogen-bond acceptors (Lipinski definition) is 4. The summed E-state index contributed by atoms with van der Waals surface area (Å²) in [5.74, 6) is 0.164. The summed E-state index contributed by atoms with van der Waals surface area (Å²) in [6, 6.07) is -0.346. The van der Waals surface area contributed by atoms with Crippen LogP contribution in [0, 0.1) is 0 Å². The standard InChI is InChI=1S/C15H27N3O3/c1-12(19)11-16-7-9-17(10-8-16)15(21)13(2)18-6-4-3-5-14(18)20/h12-13,19H,3-11H2,1-2H3/t12-,13-/m1/s1. The number of carbonyl (C=O) groups is 2. The number of rotatable bonds is 4. The van der Waals surface area contributed by atoms with Crippen LogP contribution in [0.2, 0.25) is 0 Å². The van der Waals surface area contributed by atoms with E-state index in [1.165, 1.54) is 0 Å². The van der Waals surface area contributed by atoms with Crippen molar-refractivity contribution in [2.75, 3.05) is 39.3 Å². The second-order valence-corrected chi connectivity index (χ2v) is 6.20. The molecule has 0 aromatic rings. The molecular formula is C15H27N3O3. The Bertz CT molecular complexity index is 378. The zero-order chi connectivity index (χ0) is 15.4. The third-order valence-electron chi connectivity index (χ3n) is 4.39. The Labute approximate surface area is 126 Å². The monoisotopic (exact) mass is 297 g/mol. The maximum atomic E-state index is 12.5. The number of likely N-dealkylation sites (tertiary alicyclic amines) is 1. The highest BCUT2D eigenvalue weighted by atomic mass is 16.3. The number of carbonyl (C=O) groups excluding carboxylic acids is 2. The van der Waals surface area contributed by atoms with E-state index in [1.54, 1.807) is 11.8 Å². The van der Waals surface area contributed by atoms with Crippen LogP contribution >= 0.6 is 0 Å². The van der Waals surface area contributed by atoms with Crippen molar-refractivity contribution in [3.05, 3.63) is 0 Å². The molecule has 2 amide bonds. The first-order valence-electron chi connectivity index (χ1n) is 7.97. The predicted molar refractivity (Wildman–Crippen MR) is 79.7 cm³/mol.